The molecule has 2 heterocycles. The molecular weight excluding hydrogens is 400 g/mol. The summed E-state index contributed by atoms with van der Waals surface area (Å²) in [4.78, 5) is 38.1. The maximum atomic E-state index is 12.4. The Bertz CT molecular complexity index is 1030. The Kier molecular flexibility index (Phi) is 4.86. The zero-order chi connectivity index (χ0) is 20.8. The molecule has 1 aliphatic carbocycles. The lowest BCUT2D eigenvalue weighted by molar-refractivity contribution is -0.136. The number of halogens is 1. The zero-order valence-corrected chi connectivity index (χ0v) is 17.3. The van der Waals surface area contributed by atoms with Crippen LogP contribution in [0.1, 0.15) is 42.7 Å². The van der Waals surface area contributed by atoms with E-state index in [1.807, 2.05) is 47.4 Å². The molecule has 0 spiro atoms. The van der Waals surface area contributed by atoms with Crippen molar-refractivity contribution in [3.63, 3.8) is 0 Å². The molecule has 6 heteroatoms. The van der Waals surface area contributed by atoms with Gasteiger partial charge in [-0.25, -0.2) is 0 Å². The van der Waals surface area contributed by atoms with E-state index in [1.165, 1.54) is 0 Å². The molecule has 0 aromatic heterocycles. The Labute approximate surface area is 180 Å². The van der Waals surface area contributed by atoms with Gasteiger partial charge in [0.1, 0.15) is 0 Å². The van der Waals surface area contributed by atoms with Crippen LogP contribution in [-0.4, -0.2) is 29.2 Å². The smallest absolute Gasteiger partial charge is 0.234 e. The highest BCUT2D eigenvalue weighted by Crippen LogP contribution is 2.46. The fraction of sp³-hybridized carbons (Fsp3) is 0.375. The van der Waals surface area contributed by atoms with Crippen LogP contribution in [0.4, 0.5) is 0 Å². The Morgan fingerprint density at radius 2 is 1.83 bits per heavy atom. The SMILES string of the molecule is O=C1CCC(c2cccc(-c3ccc(CN4CCC5CC5C4=O)cc3)c2Cl)C(=O)N1. The van der Waals surface area contributed by atoms with Crippen molar-refractivity contribution in [3.05, 3.63) is 58.6 Å². The topological polar surface area (TPSA) is 66.5 Å². The van der Waals surface area contributed by atoms with Crippen molar-refractivity contribution in [1.29, 1.82) is 0 Å². The van der Waals surface area contributed by atoms with Crippen LogP contribution >= 0.6 is 11.6 Å². The standard InChI is InChI=1S/C24H23ClN2O3/c25-22-17(2-1-3-18(22)19-8-9-21(28)26-23(19)29)15-6-4-14(5-7-15)13-27-11-10-16-12-20(16)24(27)30/h1-7,16,19-20H,8-13H2,(H,26,28,29). The van der Waals surface area contributed by atoms with Crippen molar-refractivity contribution in [3.8, 4) is 11.1 Å². The number of hydrogen-bond acceptors (Lipinski definition) is 3. The van der Waals surface area contributed by atoms with Gasteiger partial charge in [-0.2, -0.15) is 0 Å². The van der Waals surface area contributed by atoms with Crippen molar-refractivity contribution in [2.75, 3.05) is 6.54 Å². The molecule has 3 aliphatic rings. The number of amides is 3. The van der Waals surface area contributed by atoms with Crippen LogP contribution < -0.4 is 5.32 Å². The minimum Gasteiger partial charge on any atom is -0.338 e. The summed E-state index contributed by atoms with van der Waals surface area (Å²) in [6.45, 7) is 1.49. The number of carbonyl (C=O) groups is 3. The van der Waals surface area contributed by atoms with E-state index in [2.05, 4.69) is 5.32 Å². The monoisotopic (exact) mass is 422 g/mol. The molecule has 3 unspecified atom stereocenters. The molecular formula is C24H23ClN2O3. The van der Waals surface area contributed by atoms with E-state index < -0.39 is 5.92 Å². The van der Waals surface area contributed by atoms with Gasteiger partial charge in [0.15, 0.2) is 0 Å². The Morgan fingerprint density at radius 3 is 2.60 bits per heavy atom. The minimum absolute atomic E-state index is 0.233. The fourth-order valence-electron chi connectivity index (χ4n) is 4.73. The number of fused-ring (bicyclic) bond motifs is 1. The van der Waals surface area contributed by atoms with Crippen LogP contribution in [0, 0.1) is 11.8 Å². The number of rotatable bonds is 4. The van der Waals surface area contributed by atoms with Crippen LogP contribution in [0.15, 0.2) is 42.5 Å². The number of piperidine rings is 2. The second kappa shape index (κ2) is 7.55. The number of benzene rings is 2. The lowest BCUT2D eigenvalue weighted by Crippen LogP contribution is -2.39. The number of carbonyl (C=O) groups excluding carboxylic acids is 3. The predicted molar refractivity (Wildman–Crippen MR) is 114 cm³/mol. The third-order valence-electron chi connectivity index (χ3n) is 6.60. The number of hydrogen-bond donors (Lipinski definition) is 1. The van der Waals surface area contributed by atoms with Crippen LogP contribution in [-0.2, 0) is 20.9 Å². The van der Waals surface area contributed by atoms with Gasteiger partial charge in [-0.15, -0.1) is 0 Å². The quantitative estimate of drug-likeness (QED) is 0.760. The Balaban J connectivity index is 1.35. The predicted octanol–water partition coefficient (Wildman–Crippen LogP) is 3.90. The van der Waals surface area contributed by atoms with Gasteiger partial charge < -0.3 is 4.90 Å². The highest BCUT2D eigenvalue weighted by atomic mass is 35.5. The number of nitrogens with one attached hydrogen (secondary N) is 1. The van der Waals surface area contributed by atoms with E-state index in [1.54, 1.807) is 0 Å². The summed E-state index contributed by atoms with van der Waals surface area (Å²) in [5.74, 6) is 0.274. The maximum absolute atomic E-state index is 12.4. The lowest BCUT2D eigenvalue weighted by atomic mass is 9.88. The van der Waals surface area contributed by atoms with Gasteiger partial charge in [0.2, 0.25) is 17.7 Å². The largest absolute Gasteiger partial charge is 0.338 e. The van der Waals surface area contributed by atoms with Crippen LogP contribution in [0.3, 0.4) is 0 Å². The van der Waals surface area contributed by atoms with Gasteiger partial charge in [-0.1, -0.05) is 54.1 Å². The maximum Gasteiger partial charge on any atom is 0.234 e. The molecule has 2 saturated heterocycles. The van der Waals surface area contributed by atoms with E-state index >= 15 is 0 Å². The van der Waals surface area contributed by atoms with Gasteiger partial charge in [-0.3, -0.25) is 19.7 Å². The summed E-state index contributed by atoms with van der Waals surface area (Å²) < 4.78 is 0. The van der Waals surface area contributed by atoms with Gasteiger partial charge in [0, 0.05) is 31.0 Å². The number of likely N-dealkylation sites (tertiary alicyclic amines) is 1. The molecule has 1 saturated carbocycles. The molecule has 3 fully saturated rings. The summed E-state index contributed by atoms with van der Waals surface area (Å²) in [5.41, 5.74) is 3.68. The molecule has 3 amide bonds. The Hall–Kier alpha value is -2.66. The van der Waals surface area contributed by atoms with Crippen LogP contribution in [0.2, 0.25) is 5.02 Å². The van der Waals surface area contributed by atoms with E-state index in [0.717, 1.165) is 41.6 Å². The highest BCUT2D eigenvalue weighted by molar-refractivity contribution is 6.34. The van der Waals surface area contributed by atoms with Crippen molar-refractivity contribution in [2.45, 2.75) is 38.1 Å². The van der Waals surface area contributed by atoms with Crippen molar-refractivity contribution < 1.29 is 14.4 Å². The summed E-state index contributed by atoms with van der Waals surface area (Å²) >= 11 is 6.70. The first kappa shape index (κ1) is 19.3. The number of imide groups is 1. The summed E-state index contributed by atoms with van der Waals surface area (Å²) in [6, 6.07) is 13.8. The normalized spacial score (nSPS) is 25.7. The minimum atomic E-state index is -0.411. The van der Waals surface area contributed by atoms with Crippen molar-refractivity contribution in [1.82, 2.24) is 10.2 Å². The summed E-state index contributed by atoms with van der Waals surface area (Å²) in [6.07, 6.45) is 2.98. The molecule has 2 aromatic rings. The Morgan fingerprint density at radius 1 is 1.03 bits per heavy atom. The van der Waals surface area contributed by atoms with Crippen molar-refractivity contribution >= 4 is 29.3 Å². The van der Waals surface area contributed by atoms with E-state index in [-0.39, 0.29) is 17.7 Å². The summed E-state index contributed by atoms with van der Waals surface area (Å²) in [7, 11) is 0. The second-order valence-electron chi connectivity index (χ2n) is 8.56. The van der Waals surface area contributed by atoms with E-state index in [9.17, 15) is 14.4 Å². The number of nitrogens with zero attached hydrogens (tertiary/aromatic N) is 1. The average Bonchev–Trinajstić information content (AvgIpc) is 3.52. The molecule has 1 N–H and O–H groups in total. The lowest BCUT2D eigenvalue weighted by Gasteiger charge is -2.26. The molecule has 5 rings (SSSR count). The first-order valence-corrected chi connectivity index (χ1v) is 10.9. The molecule has 154 valence electrons. The molecule has 30 heavy (non-hydrogen) atoms. The molecule has 2 aromatic carbocycles. The third kappa shape index (κ3) is 3.52. The van der Waals surface area contributed by atoms with Gasteiger partial charge in [0.25, 0.3) is 0 Å². The molecule has 2 aliphatic heterocycles. The summed E-state index contributed by atoms with van der Waals surface area (Å²) in [5, 5.41) is 2.95. The van der Waals surface area contributed by atoms with Crippen LogP contribution in [0.25, 0.3) is 11.1 Å². The first-order valence-electron chi connectivity index (χ1n) is 10.5. The first-order chi connectivity index (χ1) is 14.5. The fourth-order valence-corrected chi connectivity index (χ4v) is 5.10. The van der Waals surface area contributed by atoms with Gasteiger partial charge >= 0.3 is 0 Å². The third-order valence-corrected chi connectivity index (χ3v) is 7.02. The highest BCUT2D eigenvalue weighted by Gasteiger charge is 2.47. The molecule has 3 atom stereocenters. The van der Waals surface area contributed by atoms with Crippen molar-refractivity contribution in [2.24, 2.45) is 11.8 Å². The van der Waals surface area contributed by atoms with E-state index in [0.29, 0.717) is 36.2 Å². The molecule has 5 nitrogen and oxygen atoms in total. The molecule has 0 bridgehead atoms. The van der Waals surface area contributed by atoms with E-state index in [4.69, 9.17) is 11.6 Å². The second-order valence-corrected chi connectivity index (χ2v) is 8.94. The zero-order valence-electron chi connectivity index (χ0n) is 16.6. The van der Waals surface area contributed by atoms with Crippen LogP contribution in [0.5, 0.6) is 0 Å². The van der Waals surface area contributed by atoms with Gasteiger partial charge in [-0.05, 0) is 41.9 Å². The average molecular weight is 423 g/mol. The van der Waals surface area contributed by atoms with Gasteiger partial charge in [0.05, 0.1) is 10.9 Å². The molecule has 0 radical (unpaired) electrons.